The molecule has 0 aliphatic rings. The van der Waals surface area contributed by atoms with Crippen molar-refractivity contribution in [2.45, 2.75) is 36.3 Å². The summed E-state index contributed by atoms with van der Waals surface area (Å²) in [5.41, 5.74) is 2.97. The quantitative estimate of drug-likeness (QED) is 0.409. The topological polar surface area (TPSA) is 75.3 Å². The fraction of sp³-hybridized carbons (Fsp3) is 0.381. The van der Waals surface area contributed by atoms with Gasteiger partial charge in [0.05, 0.1) is 10.6 Å². The number of amides is 1. The molecule has 0 fully saturated rings. The van der Waals surface area contributed by atoms with Crippen molar-refractivity contribution in [2.75, 3.05) is 23.9 Å². The summed E-state index contributed by atoms with van der Waals surface area (Å²) in [5, 5.41) is 2.82. The molecule has 0 saturated carbocycles. The molecule has 5 nitrogen and oxygen atoms in total. The van der Waals surface area contributed by atoms with Gasteiger partial charge in [0.1, 0.15) is 0 Å². The van der Waals surface area contributed by atoms with Crippen molar-refractivity contribution in [1.82, 2.24) is 4.72 Å². The second-order valence-electron chi connectivity index (χ2n) is 6.95. The van der Waals surface area contributed by atoms with E-state index in [1.807, 2.05) is 12.3 Å². The highest BCUT2D eigenvalue weighted by Crippen LogP contribution is 2.28. The Morgan fingerprint density at radius 2 is 1.90 bits per heavy atom. The smallest absolute Gasteiger partial charge is 0.240 e. The highest BCUT2D eigenvalue weighted by molar-refractivity contribution is 7.99. The van der Waals surface area contributed by atoms with Crippen molar-refractivity contribution in [3.05, 3.63) is 53.6 Å². The number of anilines is 1. The molecule has 0 aliphatic carbocycles. The van der Waals surface area contributed by atoms with E-state index in [0.29, 0.717) is 18.0 Å². The molecule has 1 amide bonds. The minimum Gasteiger partial charge on any atom is -0.325 e. The van der Waals surface area contributed by atoms with Crippen LogP contribution in [0, 0.1) is 12.8 Å². The van der Waals surface area contributed by atoms with Gasteiger partial charge in [-0.2, -0.15) is 11.8 Å². The molecule has 0 unspecified atom stereocenters. The van der Waals surface area contributed by atoms with Crippen LogP contribution in [-0.2, 0) is 20.6 Å². The average molecular weight is 453 g/mol. The van der Waals surface area contributed by atoms with E-state index in [2.05, 4.69) is 35.2 Å². The van der Waals surface area contributed by atoms with Gasteiger partial charge in [0, 0.05) is 28.9 Å². The third-order valence-corrected chi connectivity index (χ3v) is 7.44. The molecule has 2 N–H and O–H groups in total. The first-order chi connectivity index (χ1) is 13.7. The summed E-state index contributed by atoms with van der Waals surface area (Å²) in [5.74, 6) is 1.19. The summed E-state index contributed by atoms with van der Waals surface area (Å²) >= 11 is 3.14. The lowest BCUT2D eigenvalue weighted by Gasteiger charge is -2.14. The first-order valence-electron chi connectivity index (χ1n) is 9.35. The van der Waals surface area contributed by atoms with E-state index in [0.717, 1.165) is 10.6 Å². The second kappa shape index (κ2) is 11.1. The van der Waals surface area contributed by atoms with Crippen LogP contribution in [0.5, 0.6) is 0 Å². The van der Waals surface area contributed by atoms with Gasteiger partial charge in [0.2, 0.25) is 15.9 Å². The average Bonchev–Trinajstić information content (AvgIpc) is 2.67. The van der Waals surface area contributed by atoms with Crippen LogP contribution in [-0.4, -0.2) is 32.9 Å². The summed E-state index contributed by atoms with van der Waals surface area (Å²) in [6, 6.07) is 13.1. The summed E-state index contributed by atoms with van der Waals surface area (Å²) in [6.45, 7) is 5.99. The number of hydrogen-bond acceptors (Lipinski definition) is 5. The zero-order chi connectivity index (χ0) is 21.4. The van der Waals surface area contributed by atoms with Crippen molar-refractivity contribution in [2.24, 2.45) is 5.92 Å². The maximum atomic E-state index is 12.6. The van der Waals surface area contributed by atoms with Crippen LogP contribution in [0.3, 0.4) is 0 Å². The van der Waals surface area contributed by atoms with E-state index in [9.17, 15) is 13.2 Å². The predicted octanol–water partition coefficient (Wildman–Crippen LogP) is 4.52. The largest absolute Gasteiger partial charge is 0.325 e. The summed E-state index contributed by atoms with van der Waals surface area (Å²) in [7, 11) is -3.64. The number of sulfonamides is 1. The minimum atomic E-state index is -3.64. The number of carbonyl (C=O) groups excluding carboxylic acids is 1. The minimum absolute atomic E-state index is 0.143. The molecule has 29 heavy (non-hydrogen) atoms. The van der Waals surface area contributed by atoms with Gasteiger partial charge in [-0.1, -0.05) is 43.7 Å². The van der Waals surface area contributed by atoms with Gasteiger partial charge in [-0.3, -0.25) is 4.79 Å². The summed E-state index contributed by atoms with van der Waals surface area (Å²) < 4.78 is 27.9. The van der Waals surface area contributed by atoms with Gasteiger partial charge in [-0.25, -0.2) is 13.1 Å². The fourth-order valence-electron chi connectivity index (χ4n) is 2.55. The molecule has 0 heterocycles. The molecule has 158 valence electrons. The molecular formula is C21H28N2O3S3. The van der Waals surface area contributed by atoms with E-state index in [-0.39, 0.29) is 16.7 Å². The number of aryl methyl sites for hydroxylation is 1. The first kappa shape index (κ1) is 23.8. The molecule has 0 spiro atoms. The standard InChI is InChI=1S/C21H28N2O3S3/c1-15(2)21(24)23-19-13-18(8-9-20(19)27-4)29(25,26)22-10-11-28-14-17-7-5-6-16(3)12-17/h5-9,12-13,15,22H,10-11,14H2,1-4H3,(H,23,24). The molecule has 0 atom stereocenters. The van der Waals surface area contributed by atoms with Crippen LogP contribution >= 0.6 is 23.5 Å². The number of benzene rings is 2. The maximum absolute atomic E-state index is 12.6. The van der Waals surface area contributed by atoms with E-state index in [1.54, 1.807) is 37.7 Å². The zero-order valence-corrected chi connectivity index (χ0v) is 19.6. The van der Waals surface area contributed by atoms with Crippen LogP contribution in [0.25, 0.3) is 0 Å². The van der Waals surface area contributed by atoms with E-state index >= 15 is 0 Å². The summed E-state index contributed by atoms with van der Waals surface area (Å²) in [6.07, 6.45) is 1.89. The molecule has 0 aliphatic heterocycles. The molecular weight excluding hydrogens is 424 g/mol. The molecule has 2 aromatic rings. The van der Waals surface area contributed by atoms with Crippen molar-refractivity contribution >= 4 is 45.1 Å². The highest BCUT2D eigenvalue weighted by atomic mass is 32.2. The maximum Gasteiger partial charge on any atom is 0.240 e. The van der Waals surface area contributed by atoms with Crippen LogP contribution in [0.1, 0.15) is 25.0 Å². The van der Waals surface area contributed by atoms with Gasteiger partial charge in [0.25, 0.3) is 0 Å². The Hall–Kier alpha value is -1.48. The van der Waals surface area contributed by atoms with Gasteiger partial charge in [0.15, 0.2) is 0 Å². The number of rotatable bonds is 10. The van der Waals surface area contributed by atoms with Gasteiger partial charge in [-0.05, 0) is 36.9 Å². The molecule has 8 heteroatoms. The van der Waals surface area contributed by atoms with Gasteiger partial charge in [-0.15, -0.1) is 11.8 Å². The molecule has 0 bridgehead atoms. The molecule has 0 saturated heterocycles. The van der Waals surface area contributed by atoms with E-state index in [4.69, 9.17) is 0 Å². The number of nitrogens with one attached hydrogen (secondary N) is 2. The molecule has 0 aromatic heterocycles. The third-order valence-electron chi connectivity index (χ3n) is 4.15. The van der Waals surface area contributed by atoms with Crippen molar-refractivity contribution in [3.63, 3.8) is 0 Å². The van der Waals surface area contributed by atoms with Crippen LogP contribution in [0.4, 0.5) is 5.69 Å². The Morgan fingerprint density at radius 1 is 1.14 bits per heavy atom. The van der Waals surface area contributed by atoms with Crippen LogP contribution in [0.2, 0.25) is 0 Å². The fourth-order valence-corrected chi connectivity index (χ4v) is 5.08. The van der Waals surface area contributed by atoms with E-state index < -0.39 is 10.0 Å². The Labute approximate surface area is 182 Å². The molecule has 2 rings (SSSR count). The third kappa shape index (κ3) is 7.37. The second-order valence-corrected chi connectivity index (χ2v) is 10.7. The lowest BCUT2D eigenvalue weighted by atomic mass is 10.2. The Balaban J connectivity index is 1.96. The number of carbonyl (C=O) groups is 1. The van der Waals surface area contributed by atoms with Crippen LogP contribution in [0.15, 0.2) is 52.3 Å². The number of thioether (sulfide) groups is 2. The lowest BCUT2D eigenvalue weighted by molar-refractivity contribution is -0.118. The Kier molecular flexibility index (Phi) is 9.07. The van der Waals surface area contributed by atoms with Crippen molar-refractivity contribution < 1.29 is 13.2 Å². The first-order valence-corrected chi connectivity index (χ1v) is 13.2. The van der Waals surface area contributed by atoms with Gasteiger partial charge >= 0.3 is 0 Å². The number of hydrogen-bond donors (Lipinski definition) is 2. The normalized spacial score (nSPS) is 11.6. The summed E-state index contributed by atoms with van der Waals surface area (Å²) in [4.78, 5) is 13.0. The Morgan fingerprint density at radius 3 is 2.55 bits per heavy atom. The monoisotopic (exact) mass is 452 g/mol. The Bertz CT molecular complexity index is 944. The van der Waals surface area contributed by atoms with Crippen LogP contribution < -0.4 is 10.0 Å². The SMILES string of the molecule is CSc1ccc(S(=O)(=O)NCCSCc2cccc(C)c2)cc1NC(=O)C(C)C. The zero-order valence-electron chi connectivity index (χ0n) is 17.2. The predicted molar refractivity (Wildman–Crippen MR) is 124 cm³/mol. The van der Waals surface area contributed by atoms with Crippen molar-refractivity contribution in [3.8, 4) is 0 Å². The molecule has 0 radical (unpaired) electrons. The van der Waals surface area contributed by atoms with E-state index in [1.165, 1.54) is 29.0 Å². The van der Waals surface area contributed by atoms with Crippen molar-refractivity contribution in [1.29, 1.82) is 0 Å². The lowest BCUT2D eigenvalue weighted by Crippen LogP contribution is -2.26. The molecule has 2 aromatic carbocycles. The van der Waals surface area contributed by atoms with Gasteiger partial charge < -0.3 is 5.32 Å². The highest BCUT2D eigenvalue weighted by Gasteiger charge is 2.17.